The van der Waals surface area contributed by atoms with Gasteiger partial charge in [0.2, 0.25) is 5.06 Å². The summed E-state index contributed by atoms with van der Waals surface area (Å²) in [5, 5.41) is 2.51. The topological polar surface area (TPSA) is 72.5 Å². The first-order valence-corrected chi connectivity index (χ1v) is 12.1. The third-order valence-electron chi connectivity index (χ3n) is 4.70. The fourth-order valence-corrected chi connectivity index (χ4v) is 5.74. The highest BCUT2D eigenvalue weighted by Crippen LogP contribution is 2.40. The summed E-state index contributed by atoms with van der Waals surface area (Å²) in [6.07, 6.45) is 0. The quantitative estimate of drug-likeness (QED) is 0.334. The molecule has 5 nitrogen and oxygen atoms in total. The van der Waals surface area contributed by atoms with Crippen LogP contribution in [0.15, 0.2) is 77.0 Å². The van der Waals surface area contributed by atoms with Crippen LogP contribution in [-0.2, 0) is 16.6 Å². The van der Waals surface area contributed by atoms with E-state index < -0.39 is 10.0 Å². The van der Waals surface area contributed by atoms with E-state index in [1.807, 2.05) is 42.5 Å². The molecule has 0 fully saturated rings. The lowest BCUT2D eigenvalue weighted by molar-refractivity contribution is 0.101. The molecule has 0 atom stereocenters. The molecule has 158 valence electrons. The Labute approximate surface area is 189 Å². The lowest BCUT2D eigenvalue weighted by Crippen LogP contribution is -2.22. The van der Waals surface area contributed by atoms with Crippen molar-refractivity contribution in [3.05, 3.63) is 88.9 Å². The van der Waals surface area contributed by atoms with Gasteiger partial charge in [-0.1, -0.05) is 65.4 Å². The molecule has 0 saturated carbocycles. The third kappa shape index (κ3) is 4.80. The van der Waals surface area contributed by atoms with Crippen LogP contribution in [0.25, 0.3) is 10.8 Å². The molecule has 0 spiro atoms. The van der Waals surface area contributed by atoms with Crippen molar-refractivity contribution in [2.24, 2.45) is 0 Å². The molecule has 4 aromatic rings. The lowest BCUT2D eigenvalue weighted by atomic mass is 10.1. The highest BCUT2D eigenvalue weighted by Gasteiger charge is 2.21. The van der Waals surface area contributed by atoms with Gasteiger partial charge in [0, 0.05) is 12.1 Å². The van der Waals surface area contributed by atoms with Crippen molar-refractivity contribution >= 4 is 49.5 Å². The van der Waals surface area contributed by atoms with Crippen LogP contribution in [0, 0.1) is 0 Å². The van der Waals surface area contributed by atoms with Gasteiger partial charge in [0.25, 0.3) is 10.0 Å². The van der Waals surface area contributed by atoms with Gasteiger partial charge >= 0.3 is 0 Å². The number of ketones is 1. The first kappa shape index (κ1) is 21.5. The minimum Gasteiger partial charge on any atom is -0.445 e. The molecule has 0 aliphatic heterocycles. The second-order valence-electron chi connectivity index (χ2n) is 6.85. The first-order chi connectivity index (χ1) is 14.8. The largest absolute Gasteiger partial charge is 0.445 e. The number of hydrogen-bond acceptors (Lipinski definition) is 5. The summed E-state index contributed by atoms with van der Waals surface area (Å²) in [4.78, 5) is 11.4. The lowest BCUT2D eigenvalue weighted by Gasteiger charge is -2.08. The van der Waals surface area contributed by atoms with Crippen LogP contribution in [0.5, 0.6) is 10.8 Å². The SMILES string of the molecule is CC(=O)c1ccc(Oc2sc(S(=O)(=O)NCc3cccc4ccccc34)cc2Cl)cc1. The number of ether oxygens (including phenoxy) is 1. The van der Waals surface area contributed by atoms with Gasteiger partial charge in [0.15, 0.2) is 5.78 Å². The van der Waals surface area contributed by atoms with Crippen molar-refractivity contribution in [2.45, 2.75) is 17.7 Å². The number of halogens is 1. The normalized spacial score (nSPS) is 11.5. The molecular weight excluding hydrogens is 454 g/mol. The molecule has 0 saturated heterocycles. The molecule has 1 heterocycles. The van der Waals surface area contributed by atoms with Crippen LogP contribution in [-0.4, -0.2) is 14.2 Å². The first-order valence-electron chi connectivity index (χ1n) is 9.38. The Morgan fingerprint density at radius 1 is 1.03 bits per heavy atom. The summed E-state index contributed by atoms with van der Waals surface area (Å²) in [7, 11) is -3.78. The number of carbonyl (C=O) groups excluding carboxylic acids is 1. The fourth-order valence-electron chi connectivity index (χ4n) is 3.09. The Morgan fingerprint density at radius 2 is 1.74 bits per heavy atom. The van der Waals surface area contributed by atoms with E-state index in [0.717, 1.165) is 27.7 Å². The molecule has 0 radical (unpaired) electrons. The number of rotatable bonds is 7. The summed E-state index contributed by atoms with van der Waals surface area (Å²) in [6.45, 7) is 1.64. The minimum absolute atomic E-state index is 0.0497. The van der Waals surface area contributed by atoms with E-state index in [2.05, 4.69) is 4.72 Å². The van der Waals surface area contributed by atoms with Crippen molar-refractivity contribution in [2.75, 3.05) is 0 Å². The summed E-state index contributed by atoms with van der Waals surface area (Å²) in [5.41, 5.74) is 1.44. The molecule has 4 rings (SSSR count). The van der Waals surface area contributed by atoms with Crippen molar-refractivity contribution in [3.63, 3.8) is 0 Å². The molecule has 3 aromatic carbocycles. The van der Waals surface area contributed by atoms with Crippen LogP contribution < -0.4 is 9.46 Å². The van der Waals surface area contributed by atoms with Crippen molar-refractivity contribution in [3.8, 4) is 10.8 Å². The Morgan fingerprint density at radius 3 is 2.48 bits per heavy atom. The summed E-state index contributed by atoms with van der Waals surface area (Å²) < 4.78 is 34.1. The number of benzene rings is 3. The van der Waals surface area contributed by atoms with E-state index in [0.29, 0.717) is 11.3 Å². The summed E-state index contributed by atoms with van der Waals surface area (Å²) in [6, 6.07) is 21.5. The van der Waals surface area contributed by atoms with Gasteiger partial charge in [0.05, 0.1) is 5.02 Å². The Balaban J connectivity index is 1.51. The fraction of sp³-hybridized carbons (Fsp3) is 0.0870. The maximum Gasteiger partial charge on any atom is 0.250 e. The van der Waals surface area contributed by atoms with Gasteiger partial charge in [0.1, 0.15) is 9.96 Å². The molecule has 0 aliphatic carbocycles. The molecule has 31 heavy (non-hydrogen) atoms. The van der Waals surface area contributed by atoms with Gasteiger partial charge in [-0.25, -0.2) is 13.1 Å². The number of fused-ring (bicyclic) bond motifs is 1. The maximum absolute atomic E-state index is 12.8. The zero-order valence-electron chi connectivity index (χ0n) is 16.5. The zero-order chi connectivity index (χ0) is 22.0. The van der Waals surface area contributed by atoms with Gasteiger partial charge in [-0.15, -0.1) is 0 Å². The van der Waals surface area contributed by atoms with Crippen LogP contribution >= 0.6 is 22.9 Å². The van der Waals surface area contributed by atoms with Gasteiger partial charge in [-0.3, -0.25) is 4.79 Å². The predicted octanol–water partition coefficient (Wildman–Crippen LogP) is 6.03. The highest BCUT2D eigenvalue weighted by molar-refractivity contribution is 7.91. The van der Waals surface area contributed by atoms with Crippen LogP contribution in [0.4, 0.5) is 0 Å². The highest BCUT2D eigenvalue weighted by atomic mass is 35.5. The number of thiophene rings is 1. The van der Waals surface area contributed by atoms with E-state index >= 15 is 0 Å². The number of nitrogens with one attached hydrogen (secondary N) is 1. The zero-order valence-corrected chi connectivity index (χ0v) is 18.9. The van der Waals surface area contributed by atoms with Crippen LogP contribution in [0.2, 0.25) is 5.02 Å². The number of sulfonamides is 1. The van der Waals surface area contributed by atoms with Gasteiger partial charge in [-0.05, 0) is 53.6 Å². The molecule has 0 aliphatic rings. The number of Topliss-reactive ketones (excluding diaryl/α,β-unsaturated/α-hetero) is 1. The molecular formula is C23H18ClNO4S2. The van der Waals surface area contributed by atoms with E-state index in [4.69, 9.17) is 16.3 Å². The minimum atomic E-state index is -3.78. The third-order valence-corrected chi connectivity index (χ3v) is 7.98. The van der Waals surface area contributed by atoms with Gasteiger partial charge < -0.3 is 4.74 Å². The van der Waals surface area contributed by atoms with E-state index in [-0.39, 0.29) is 26.6 Å². The van der Waals surface area contributed by atoms with Crippen molar-refractivity contribution < 1.29 is 17.9 Å². The second-order valence-corrected chi connectivity index (χ2v) is 10.3. The predicted molar refractivity (Wildman–Crippen MR) is 124 cm³/mol. The van der Waals surface area contributed by atoms with Crippen molar-refractivity contribution in [1.82, 2.24) is 4.72 Å². The Kier molecular flexibility index (Phi) is 6.11. The molecule has 1 aromatic heterocycles. The smallest absolute Gasteiger partial charge is 0.250 e. The standard InChI is InChI=1S/C23H18ClNO4S2/c1-15(26)16-9-11-19(12-10-16)29-23-21(24)13-22(30-23)31(27,28)25-14-18-7-4-6-17-5-2-3-8-20(17)18/h2-13,25H,14H2,1H3. The molecule has 1 N–H and O–H groups in total. The second kappa shape index (κ2) is 8.80. The number of hydrogen-bond donors (Lipinski definition) is 1. The van der Waals surface area contributed by atoms with E-state index in [1.54, 1.807) is 24.3 Å². The monoisotopic (exact) mass is 471 g/mol. The molecule has 0 unspecified atom stereocenters. The van der Waals surface area contributed by atoms with Crippen LogP contribution in [0.3, 0.4) is 0 Å². The molecule has 0 bridgehead atoms. The summed E-state index contributed by atoms with van der Waals surface area (Å²) in [5.74, 6) is 0.410. The van der Waals surface area contributed by atoms with E-state index in [9.17, 15) is 13.2 Å². The maximum atomic E-state index is 12.8. The van der Waals surface area contributed by atoms with Crippen molar-refractivity contribution in [1.29, 1.82) is 0 Å². The van der Waals surface area contributed by atoms with Crippen LogP contribution in [0.1, 0.15) is 22.8 Å². The average molecular weight is 472 g/mol. The molecule has 0 amide bonds. The van der Waals surface area contributed by atoms with Gasteiger partial charge in [-0.2, -0.15) is 0 Å². The average Bonchev–Trinajstić information content (AvgIpc) is 3.14. The number of carbonyl (C=O) groups is 1. The molecule has 8 heteroatoms. The summed E-state index contributed by atoms with van der Waals surface area (Å²) >= 11 is 7.16. The Bertz CT molecular complexity index is 1360. The Hall–Kier alpha value is -2.71. The van der Waals surface area contributed by atoms with E-state index in [1.165, 1.54) is 13.0 Å².